The largest absolute Gasteiger partial charge is 0.396 e. The van der Waals surface area contributed by atoms with E-state index in [0.717, 1.165) is 39.1 Å². The smallest absolute Gasteiger partial charge is 0.0501 e. The first-order valence-electron chi connectivity index (χ1n) is 7.57. The first kappa shape index (κ1) is 15.5. The van der Waals surface area contributed by atoms with Crippen LogP contribution in [-0.2, 0) is 4.74 Å². The molecule has 112 valence electrons. The van der Waals surface area contributed by atoms with E-state index in [2.05, 4.69) is 49.2 Å². The number of likely N-dealkylation sites (N-methyl/N-ethyl adjacent to an activating group) is 1. The van der Waals surface area contributed by atoms with E-state index in [-0.39, 0.29) is 12.0 Å². The Bertz CT molecular complexity index is 387. The number of benzene rings is 1. The molecule has 1 aromatic carbocycles. The van der Waals surface area contributed by atoms with E-state index in [4.69, 9.17) is 4.74 Å². The number of aliphatic hydroxyl groups excluding tert-OH is 1. The standard InChI is InChI=1S/C17H27NO2/c1-15(16-6-4-3-5-7-16)12-18(2)13-17(14-19)8-10-20-11-9-17/h3-7,15,19H,8-14H2,1-2H3/t15-/m0/s1. The van der Waals surface area contributed by atoms with Gasteiger partial charge in [-0.05, 0) is 31.4 Å². The minimum Gasteiger partial charge on any atom is -0.396 e. The van der Waals surface area contributed by atoms with E-state index in [1.54, 1.807) is 0 Å². The minimum atomic E-state index is 0.0312. The Labute approximate surface area is 122 Å². The lowest BCUT2D eigenvalue weighted by molar-refractivity contribution is -0.0312. The highest BCUT2D eigenvalue weighted by molar-refractivity contribution is 5.19. The number of nitrogens with zero attached hydrogens (tertiary/aromatic N) is 1. The lowest BCUT2D eigenvalue weighted by Crippen LogP contribution is -2.43. The second-order valence-electron chi connectivity index (χ2n) is 6.28. The Hall–Kier alpha value is -0.900. The van der Waals surface area contributed by atoms with Gasteiger partial charge in [-0.2, -0.15) is 0 Å². The van der Waals surface area contributed by atoms with E-state index >= 15 is 0 Å². The van der Waals surface area contributed by atoms with Crippen molar-refractivity contribution in [2.24, 2.45) is 5.41 Å². The third-order valence-corrected chi connectivity index (χ3v) is 4.45. The summed E-state index contributed by atoms with van der Waals surface area (Å²) in [5.74, 6) is 0.511. The normalized spacial score (nSPS) is 20.0. The highest BCUT2D eigenvalue weighted by Crippen LogP contribution is 2.31. The molecule has 1 aromatic rings. The number of hydrogen-bond acceptors (Lipinski definition) is 3. The van der Waals surface area contributed by atoms with Crippen molar-refractivity contribution in [3.63, 3.8) is 0 Å². The quantitative estimate of drug-likeness (QED) is 0.867. The molecule has 0 aliphatic carbocycles. The molecule has 0 spiro atoms. The van der Waals surface area contributed by atoms with Crippen LogP contribution in [0, 0.1) is 5.41 Å². The number of rotatable bonds is 6. The highest BCUT2D eigenvalue weighted by Gasteiger charge is 2.33. The Morgan fingerprint density at radius 3 is 2.50 bits per heavy atom. The molecule has 1 fully saturated rings. The predicted molar refractivity (Wildman–Crippen MR) is 81.9 cm³/mol. The van der Waals surface area contributed by atoms with E-state index < -0.39 is 0 Å². The van der Waals surface area contributed by atoms with E-state index in [1.807, 2.05) is 0 Å². The van der Waals surface area contributed by atoms with Crippen LogP contribution in [0.4, 0.5) is 0 Å². The molecule has 0 amide bonds. The lowest BCUT2D eigenvalue weighted by Gasteiger charge is -2.39. The van der Waals surface area contributed by atoms with E-state index in [0.29, 0.717) is 5.92 Å². The van der Waals surface area contributed by atoms with Gasteiger partial charge in [0.1, 0.15) is 0 Å². The fourth-order valence-corrected chi connectivity index (χ4v) is 3.16. The number of ether oxygens (including phenoxy) is 1. The molecule has 1 heterocycles. The van der Waals surface area contributed by atoms with Crippen LogP contribution >= 0.6 is 0 Å². The molecular weight excluding hydrogens is 250 g/mol. The van der Waals surface area contributed by atoms with Crippen LogP contribution in [0.2, 0.25) is 0 Å². The van der Waals surface area contributed by atoms with E-state index in [1.165, 1.54) is 5.56 Å². The van der Waals surface area contributed by atoms with Crippen molar-refractivity contribution in [2.75, 3.05) is 40.0 Å². The van der Waals surface area contributed by atoms with Gasteiger partial charge in [-0.3, -0.25) is 0 Å². The van der Waals surface area contributed by atoms with Crippen molar-refractivity contribution in [1.29, 1.82) is 0 Å². The molecule has 3 nitrogen and oxygen atoms in total. The molecule has 1 aliphatic heterocycles. The van der Waals surface area contributed by atoms with Crippen molar-refractivity contribution >= 4 is 0 Å². The molecule has 2 rings (SSSR count). The summed E-state index contributed by atoms with van der Waals surface area (Å²) in [4.78, 5) is 2.36. The fourth-order valence-electron chi connectivity index (χ4n) is 3.16. The summed E-state index contributed by atoms with van der Waals surface area (Å²) in [6.45, 7) is 6.06. The third kappa shape index (κ3) is 4.05. The molecule has 20 heavy (non-hydrogen) atoms. The van der Waals surface area contributed by atoms with Gasteiger partial charge >= 0.3 is 0 Å². The summed E-state index contributed by atoms with van der Waals surface area (Å²) in [5.41, 5.74) is 1.41. The van der Waals surface area contributed by atoms with E-state index in [9.17, 15) is 5.11 Å². The molecule has 1 saturated heterocycles. The molecule has 0 unspecified atom stereocenters. The van der Waals surface area contributed by atoms with Crippen molar-refractivity contribution in [3.05, 3.63) is 35.9 Å². The fraction of sp³-hybridized carbons (Fsp3) is 0.647. The zero-order valence-corrected chi connectivity index (χ0v) is 12.7. The van der Waals surface area contributed by atoms with Crippen LogP contribution in [0.1, 0.15) is 31.2 Å². The van der Waals surface area contributed by atoms with Gasteiger partial charge < -0.3 is 14.7 Å². The van der Waals surface area contributed by atoms with Crippen LogP contribution in [0.3, 0.4) is 0 Å². The van der Waals surface area contributed by atoms with Crippen LogP contribution in [0.15, 0.2) is 30.3 Å². The maximum Gasteiger partial charge on any atom is 0.0501 e. The summed E-state index contributed by atoms with van der Waals surface area (Å²) >= 11 is 0. The molecule has 0 radical (unpaired) electrons. The second-order valence-corrected chi connectivity index (χ2v) is 6.28. The average molecular weight is 277 g/mol. The van der Waals surface area contributed by atoms with Gasteiger partial charge in [-0.25, -0.2) is 0 Å². The number of hydrogen-bond donors (Lipinski definition) is 1. The van der Waals surface area contributed by atoms with Gasteiger partial charge in [0, 0.05) is 31.7 Å². The van der Waals surface area contributed by atoms with Gasteiger partial charge in [0.25, 0.3) is 0 Å². The predicted octanol–water partition coefficient (Wildman–Crippen LogP) is 2.51. The summed E-state index contributed by atoms with van der Waals surface area (Å²) in [7, 11) is 2.16. The topological polar surface area (TPSA) is 32.7 Å². The van der Waals surface area contributed by atoms with Crippen molar-refractivity contribution in [3.8, 4) is 0 Å². The van der Waals surface area contributed by atoms with Crippen LogP contribution in [-0.4, -0.2) is 50.0 Å². The maximum atomic E-state index is 9.76. The Morgan fingerprint density at radius 2 is 1.90 bits per heavy atom. The first-order valence-corrected chi connectivity index (χ1v) is 7.57. The van der Waals surface area contributed by atoms with Gasteiger partial charge in [0.2, 0.25) is 0 Å². The summed E-state index contributed by atoms with van der Waals surface area (Å²) in [6, 6.07) is 10.6. The lowest BCUT2D eigenvalue weighted by atomic mass is 9.80. The van der Waals surface area contributed by atoms with Gasteiger partial charge in [0.05, 0.1) is 6.61 Å². The van der Waals surface area contributed by atoms with Crippen LogP contribution in [0.5, 0.6) is 0 Å². The Balaban J connectivity index is 1.89. The molecule has 3 heteroatoms. The first-order chi connectivity index (χ1) is 9.65. The molecule has 1 N–H and O–H groups in total. The molecule has 1 atom stereocenters. The zero-order valence-electron chi connectivity index (χ0n) is 12.7. The summed E-state index contributed by atoms with van der Waals surface area (Å²) in [5, 5.41) is 9.76. The Kier molecular flexibility index (Phi) is 5.58. The maximum absolute atomic E-state index is 9.76. The van der Waals surface area contributed by atoms with Gasteiger partial charge in [0.15, 0.2) is 0 Å². The molecular formula is C17H27NO2. The van der Waals surface area contributed by atoms with Crippen LogP contribution < -0.4 is 0 Å². The monoisotopic (exact) mass is 277 g/mol. The zero-order chi connectivity index (χ0) is 14.4. The molecule has 1 aliphatic rings. The average Bonchev–Trinajstić information content (AvgIpc) is 2.49. The summed E-state index contributed by atoms with van der Waals surface area (Å²) < 4.78 is 5.43. The highest BCUT2D eigenvalue weighted by atomic mass is 16.5. The number of aliphatic hydroxyl groups is 1. The molecule has 0 aromatic heterocycles. The van der Waals surface area contributed by atoms with Gasteiger partial charge in [-0.1, -0.05) is 37.3 Å². The second kappa shape index (κ2) is 7.21. The molecule has 0 saturated carbocycles. The SMILES string of the molecule is C[C@@H](CN(C)CC1(CO)CCOCC1)c1ccccc1. The minimum absolute atomic E-state index is 0.0312. The van der Waals surface area contributed by atoms with Crippen molar-refractivity contribution in [2.45, 2.75) is 25.7 Å². The third-order valence-electron chi connectivity index (χ3n) is 4.45. The van der Waals surface area contributed by atoms with Crippen molar-refractivity contribution < 1.29 is 9.84 Å². The Morgan fingerprint density at radius 1 is 1.25 bits per heavy atom. The summed E-state index contributed by atoms with van der Waals surface area (Å²) in [6.07, 6.45) is 1.93. The van der Waals surface area contributed by atoms with Gasteiger partial charge in [-0.15, -0.1) is 0 Å². The van der Waals surface area contributed by atoms with Crippen LogP contribution in [0.25, 0.3) is 0 Å². The molecule has 0 bridgehead atoms. The van der Waals surface area contributed by atoms with Crippen molar-refractivity contribution in [1.82, 2.24) is 4.90 Å².